The zero-order chi connectivity index (χ0) is 18.6. The molecule has 1 aliphatic heterocycles. The van der Waals surface area contributed by atoms with E-state index in [1.807, 2.05) is 0 Å². The summed E-state index contributed by atoms with van der Waals surface area (Å²) in [6.45, 7) is 5.90. The van der Waals surface area contributed by atoms with Crippen molar-refractivity contribution in [3.63, 3.8) is 0 Å². The van der Waals surface area contributed by atoms with Crippen LogP contribution in [0, 0.1) is 34.5 Å². The van der Waals surface area contributed by atoms with E-state index in [-0.39, 0.29) is 17.8 Å². The van der Waals surface area contributed by atoms with Gasteiger partial charge in [0.25, 0.3) is 0 Å². The highest BCUT2D eigenvalue weighted by Crippen LogP contribution is 2.66. The van der Waals surface area contributed by atoms with Crippen molar-refractivity contribution in [2.24, 2.45) is 34.5 Å². The number of hydrogen-bond acceptors (Lipinski definition) is 3. The van der Waals surface area contributed by atoms with Gasteiger partial charge in [-0.15, -0.1) is 0 Å². The second-order valence-corrected chi connectivity index (χ2v) is 11.1. The lowest BCUT2D eigenvalue weighted by Gasteiger charge is -2.61. The third kappa shape index (κ3) is 3.02. The van der Waals surface area contributed by atoms with Crippen molar-refractivity contribution in [2.45, 2.75) is 109 Å². The molecule has 0 spiro atoms. The monoisotopic (exact) mass is 376 g/mol. The summed E-state index contributed by atoms with van der Waals surface area (Å²) >= 11 is 0. The summed E-state index contributed by atoms with van der Waals surface area (Å²) < 4.78 is 12.3. The molecule has 4 aliphatic carbocycles. The van der Waals surface area contributed by atoms with Gasteiger partial charge in [0.05, 0.1) is 12.2 Å². The molecule has 3 nitrogen and oxygen atoms in total. The Hall–Kier alpha value is -0.120. The molecule has 27 heavy (non-hydrogen) atoms. The van der Waals surface area contributed by atoms with E-state index in [1.165, 1.54) is 64.2 Å². The van der Waals surface area contributed by atoms with Crippen molar-refractivity contribution in [3.8, 4) is 0 Å². The Bertz CT molecular complexity index is 544. The molecule has 5 rings (SSSR count). The molecular weight excluding hydrogens is 336 g/mol. The zero-order valence-electron chi connectivity index (χ0n) is 17.5. The molecule has 5 aliphatic rings. The highest BCUT2D eigenvalue weighted by molar-refractivity contribution is 5.09. The second-order valence-electron chi connectivity index (χ2n) is 11.1. The number of rotatable bonds is 2. The van der Waals surface area contributed by atoms with E-state index in [2.05, 4.69) is 13.8 Å². The Morgan fingerprint density at radius 3 is 2.48 bits per heavy atom. The molecule has 1 N–H and O–H groups in total. The SMILES string of the molecule is C[C@]12CC[C@H](O[C@@H]3CCCCO3)C[C@@H]1CC[C@H]1[C@H]3CC[C@H](O)[C@]3(C)CC[C@@H]12. The van der Waals surface area contributed by atoms with E-state index in [9.17, 15) is 5.11 Å². The van der Waals surface area contributed by atoms with Crippen molar-refractivity contribution in [1.82, 2.24) is 0 Å². The Labute approximate surface area is 165 Å². The minimum atomic E-state index is -0.0476. The molecule has 0 radical (unpaired) electrons. The van der Waals surface area contributed by atoms with Gasteiger partial charge in [0.2, 0.25) is 0 Å². The van der Waals surface area contributed by atoms with Crippen LogP contribution in [0.4, 0.5) is 0 Å². The van der Waals surface area contributed by atoms with Gasteiger partial charge in [-0.3, -0.25) is 0 Å². The van der Waals surface area contributed by atoms with E-state index < -0.39 is 0 Å². The topological polar surface area (TPSA) is 38.7 Å². The lowest BCUT2D eigenvalue weighted by molar-refractivity contribution is -0.212. The van der Waals surface area contributed by atoms with Crippen molar-refractivity contribution in [2.75, 3.05) is 6.61 Å². The standard InChI is InChI=1S/C24H40O3/c1-23-12-10-17(27-22-5-3-4-14-26-22)15-16(23)6-7-18-19-8-9-21(25)24(19,2)13-11-20(18)23/h16-22,25H,3-15H2,1-2H3/t16-,17-,18-,19+,20-,21-,22+,23-,24+/m0/s1. The molecule has 4 saturated carbocycles. The number of hydrogen-bond donors (Lipinski definition) is 1. The van der Waals surface area contributed by atoms with Crippen LogP contribution in [0.15, 0.2) is 0 Å². The molecule has 0 aromatic carbocycles. The molecule has 1 saturated heterocycles. The highest BCUT2D eigenvalue weighted by atomic mass is 16.7. The Morgan fingerprint density at radius 1 is 0.852 bits per heavy atom. The van der Waals surface area contributed by atoms with Gasteiger partial charge >= 0.3 is 0 Å². The fourth-order valence-electron chi connectivity index (χ4n) is 8.35. The van der Waals surface area contributed by atoms with Crippen LogP contribution < -0.4 is 0 Å². The lowest BCUT2D eigenvalue weighted by Crippen LogP contribution is -2.54. The molecule has 0 aromatic heterocycles. The maximum atomic E-state index is 10.6. The predicted octanol–water partition coefficient (Wildman–Crippen LogP) is 5.30. The summed E-state index contributed by atoms with van der Waals surface area (Å²) in [6, 6.07) is 0. The van der Waals surface area contributed by atoms with Crippen molar-refractivity contribution < 1.29 is 14.6 Å². The maximum Gasteiger partial charge on any atom is 0.157 e. The summed E-state index contributed by atoms with van der Waals surface area (Å²) in [7, 11) is 0. The fraction of sp³-hybridized carbons (Fsp3) is 1.00. The molecule has 1 heterocycles. The van der Waals surface area contributed by atoms with Gasteiger partial charge in [-0.2, -0.15) is 0 Å². The van der Waals surface area contributed by atoms with Crippen molar-refractivity contribution >= 4 is 0 Å². The van der Waals surface area contributed by atoms with E-state index in [4.69, 9.17) is 9.47 Å². The average molecular weight is 377 g/mol. The van der Waals surface area contributed by atoms with Crippen LogP contribution in [0.2, 0.25) is 0 Å². The summed E-state index contributed by atoms with van der Waals surface area (Å²) in [5, 5.41) is 10.6. The Kier molecular flexibility index (Phi) is 4.89. The van der Waals surface area contributed by atoms with Crippen LogP contribution in [0.3, 0.4) is 0 Å². The van der Waals surface area contributed by atoms with E-state index in [0.717, 1.165) is 43.1 Å². The molecule has 0 amide bonds. The van der Waals surface area contributed by atoms with Crippen LogP contribution in [-0.2, 0) is 9.47 Å². The molecule has 0 unspecified atom stereocenters. The van der Waals surface area contributed by atoms with Gasteiger partial charge in [0.1, 0.15) is 0 Å². The van der Waals surface area contributed by atoms with Crippen LogP contribution in [0.1, 0.15) is 90.9 Å². The third-order valence-electron chi connectivity index (χ3n) is 10.0. The van der Waals surface area contributed by atoms with Gasteiger partial charge in [-0.1, -0.05) is 13.8 Å². The summed E-state index contributed by atoms with van der Waals surface area (Å²) in [5.74, 6) is 3.35. The number of fused-ring (bicyclic) bond motifs is 5. The minimum absolute atomic E-state index is 0.0476. The molecule has 0 bridgehead atoms. The average Bonchev–Trinajstić information content (AvgIpc) is 2.98. The van der Waals surface area contributed by atoms with Crippen LogP contribution >= 0.6 is 0 Å². The first-order chi connectivity index (χ1) is 13.0. The normalized spacial score (nSPS) is 55.4. The van der Waals surface area contributed by atoms with Crippen LogP contribution in [-0.4, -0.2) is 30.2 Å². The lowest BCUT2D eigenvalue weighted by atomic mass is 9.45. The quantitative estimate of drug-likeness (QED) is 0.665. The van der Waals surface area contributed by atoms with Gasteiger partial charge < -0.3 is 14.6 Å². The van der Waals surface area contributed by atoms with Gasteiger partial charge in [0, 0.05) is 6.61 Å². The Balaban J connectivity index is 1.27. The molecule has 0 aromatic rings. The third-order valence-corrected chi connectivity index (χ3v) is 10.0. The second kappa shape index (κ2) is 6.99. The zero-order valence-corrected chi connectivity index (χ0v) is 17.5. The Morgan fingerprint density at radius 2 is 1.67 bits per heavy atom. The number of aliphatic hydroxyl groups is 1. The molecule has 154 valence electrons. The molecule has 5 fully saturated rings. The summed E-state index contributed by atoms with van der Waals surface area (Å²) in [4.78, 5) is 0. The first-order valence-corrected chi connectivity index (χ1v) is 12.0. The van der Waals surface area contributed by atoms with Crippen molar-refractivity contribution in [1.29, 1.82) is 0 Å². The molecule has 9 atom stereocenters. The number of aliphatic hydroxyl groups excluding tert-OH is 1. The van der Waals surface area contributed by atoms with Gasteiger partial charge in [-0.05, 0) is 112 Å². The summed E-state index contributed by atoms with van der Waals surface area (Å²) in [6.07, 6.45) is 15.5. The van der Waals surface area contributed by atoms with E-state index in [1.54, 1.807) is 0 Å². The van der Waals surface area contributed by atoms with Crippen LogP contribution in [0.5, 0.6) is 0 Å². The maximum absolute atomic E-state index is 10.6. The highest BCUT2D eigenvalue weighted by Gasteiger charge is 2.60. The van der Waals surface area contributed by atoms with E-state index in [0.29, 0.717) is 11.5 Å². The first kappa shape index (κ1) is 18.9. The van der Waals surface area contributed by atoms with Crippen molar-refractivity contribution in [3.05, 3.63) is 0 Å². The minimum Gasteiger partial charge on any atom is -0.393 e. The number of ether oxygens (including phenoxy) is 2. The molecular formula is C24H40O3. The van der Waals surface area contributed by atoms with E-state index >= 15 is 0 Å². The van der Waals surface area contributed by atoms with Gasteiger partial charge in [0.15, 0.2) is 6.29 Å². The molecule has 3 heteroatoms. The largest absolute Gasteiger partial charge is 0.393 e. The predicted molar refractivity (Wildman–Crippen MR) is 106 cm³/mol. The van der Waals surface area contributed by atoms with Gasteiger partial charge in [-0.25, -0.2) is 0 Å². The first-order valence-electron chi connectivity index (χ1n) is 12.0. The summed E-state index contributed by atoms with van der Waals surface area (Å²) in [5.41, 5.74) is 0.716. The van der Waals surface area contributed by atoms with Crippen LogP contribution in [0.25, 0.3) is 0 Å². The smallest absolute Gasteiger partial charge is 0.157 e. The fourth-order valence-corrected chi connectivity index (χ4v) is 8.35.